The van der Waals surface area contributed by atoms with Crippen LogP contribution in [0.1, 0.15) is 24.0 Å². The first-order chi connectivity index (χ1) is 8.14. The zero-order valence-corrected chi connectivity index (χ0v) is 9.06. The lowest BCUT2D eigenvalue weighted by Gasteiger charge is -2.11. The van der Waals surface area contributed by atoms with E-state index in [1.165, 1.54) is 0 Å². The lowest BCUT2D eigenvalue weighted by molar-refractivity contribution is -0.385. The maximum absolute atomic E-state index is 12.4. The van der Waals surface area contributed by atoms with Gasteiger partial charge in [-0.15, -0.1) is 0 Å². The highest BCUT2D eigenvalue weighted by molar-refractivity contribution is 5.77. The average Bonchev–Trinajstić information content (AvgIpc) is 2.25. The van der Waals surface area contributed by atoms with Crippen LogP contribution in [0.15, 0.2) is 18.2 Å². The normalized spacial score (nSPS) is 13.1. The molecule has 0 heterocycles. The predicted octanol–water partition coefficient (Wildman–Crippen LogP) is 2.80. The molecule has 18 heavy (non-hydrogen) atoms. The van der Waals surface area contributed by atoms with Gasteiger partial charge < -0.3 is 5.11 Å². The van der Waals surface area contributed by atoms with Gasteiger partial charge >= 0.3 is 12.1 Å². The van der Waals surface area contributed by atoms with Gasteiger partial charge in [-0.2, -0.15) is 13.2 Å². The van der Waals surface area contributed by atoms with Crippen molar-refractivity contribution >= 4 is 11.7 Å². The maximum atomic E-state index is 12.4. The molecule has 1 aromatic rings. The van der Waals surface area contributed by atoms with Gasteiger partial charge in [0, 0.05) is 11.6 Å². The fourth-order valence-electron chi connectivity index (χ4n) is 1.38. The van der Waals surface area contributed by atoms with Crippen LogP contribution >= 0.6 is 0 Å². The molecule has 5 nitrogen and oxygen atoms in total. The summed E-state index contributed by atoms with van der Waals surface area (Å²) in [7, 11) is 0. The Morgan fingerprint density at radius 2 is 2.00 bits per heavy atom. The number of nitrogens with zero attached hydrogens (tertiary/aromatic N) is 1. The van der Waals surface area contributed by atoms with E-state index in [0.29, 0.717) is 12.1 Å². The Labute approximate surface area is 99.0 Å². The highest BCUT2D eigenvalue weighted by Gasteiger charge is 2.34. The van der Waals surface area contributed by atoms with Crippen LogP contribution in [-0.2, 0) is 11.0 Å². The molecule has 1 aromatic carbocycles. The minimum atomic E-state index is -4.71. The second-order valence-electron chi connectivity index (χ2n) is 3.59. The monoisotopic (exact) mass is 263 g/mol. The molecule has 0 fully saturated rings. The number of benzene rings is 1. The first-order valence-electron chi connectivity index (χ1n) is 4.73. The first kappa shape index (κ1) is 13.9. The molecule has 0 aliphatic rings. The zero-order valence-electron chi connectivity index (χ0n) is 9.06. The van der Waals surface area contributed by atoms with Crippen LogP contribution in [0.2, 0.25) is 0 Å². The Bertz CT molecular complexity index is 498. The fraction of sp³-hybridized carbons (Fsp3) is 0.300. The minimum absolute atomic E-state index is 0.263. The molecule has 8 heteroatoms. The summed E-state index contributed by atoms with van der Waals surface area (Å²) >= 11 is 0. The van der Waals surface area contributed by atoms with Crippen molar-refractivity contribution in [3.8, 4) is 0 Å². The lowest BCUT2D eigenvalue weighted by Crippen LogP contribution is -2.12. The number of rotatable bonds is 3. The maximum Gasteiger partial charge on any atom is 0.416 e. The summed E-state index contributed by atoms with van der Waals surface area (Å²) in [6, 6.07) is 1.79. The Balaban J connectivity index is 3.39. The van der Waals surface area contributed by atoms with E-state index >= 15 is 0 Å². The molecular weight excluding hydrogens is 255 g/mol. The highest BCUT2D eigenvalue weighted by Crippen LogP contribution is 2.35. The van der Waals surface area contributed by atoms with Crippen LogP contribution in [0.4, 0.5) is 18.9 Å². The van der Waals surface area contributed by atoms with E-state index < -0.39 is 34.2 Å². The number of nitro benzene ring substituents is 1. The van der Waals surface area contributed by atoms with Gasteiger partial charge in [0.25, 0.3) is 5.69 Å². The van der Waals surface area contributed by atoms with Crippen molar-refractivity contribution in [1.82, 2.24) is 0 Å². The number of alkyl halides is 3. The number of hydrogen-bond donors (Lipinski definition) is 1. The number of halogens is 3. The van der Waals surface area contributed by atoms with E-state index in [4.69, 9.17) is 5.11 Å². The summed E-state index contributed by atoms with van der Waals surface area (Å²) < 4.78 is 37.2. The summed E-state index contributed by atoms with van der Waals surface area (Å²) in [5, 5.41) is 19.4. The molecule has 0 saturated carbocycles. The molecule has 0 aromatic heterocycles. The topological polar surface area (TPSA) is 80.4 Å². The fourth-order valence-corrected chi connectivity index (χ4v) is 1.38. The summed E-state index contributed by atoms with van der Waals surface area (Å²) in [4.78, 5) is 20.4. The molecule has 0 radical (unpaired) electrons. The van der Waals surface area contributed by atoms with Crippen molar-refractivity contribution in [1.29, 1.82) is 0 Å². The third-order valence-corrected chi connectivity index (χ3v) is 2.39. The zero-order chi connectivity index (χ0) is 14.1. The van der Waals surface area contributed by atoms with E-state index in [0.717, 1.165) is 13.0 Å². The van der Waals surface area contributed by atoms with E-state index in [1.54, 1.807) is 0 Å². The largest absolute Gasteiger partial charge is 0.481 e. The smallest absolute Gasteiger partial charge is 0.416 e. The van der Waals surface area contributed by atoms with Gasteiger partial charge in [-0.3, -0.25) is 14.9 Å². The number of carbonyl (C=O) groups is 1. The Hall–Kier alpha value is -2.12. The van der Waals surface area contributed by atoms with Gasteiger partial charge in [0.2, 0.25) is 0 Å². The van der Waals surface area contributed by atoms with Gasteiger partial charge in [0.1, 0.15) is 0 Å². The summed E-state index contributed by atoms with van der Waals surface area (Å²) in [6.07, 6.45) is -4.71. The summed E-state index contributed by atoms with van der Waals surface area (Å²) in [6.45, 7) is 1.16. The summed E-state index contributed by atoms with van der Waals surface area (Å²) in [5.41, 5.74) is -2.30. The molecule has 0 bridgehead atoms. The van der Waals surface area contributed by atoms with Crippen molar-refractivity contribution in [3.05, 3.63) is 39.4 Å². The van der Waals surface area contributed by atoms with Crippen molar-refractivity contribution in [2.75, 3.05) is 0 Å². The van der Waals surface area contributed by atoms with Crippen molar-refractivity contribution < 1.29 is 28.0 Å². The van der Waals surface area contributed by atoms with Gasteiger partial charge in [-0.1, -0.05) is 6.07 Å². The number of nitro groups is 1. The van der Waals surface area contributed by atoms with E-state index in [1.807, 2.05) is 0 Å². The third-order valence-electron chi connectivity index (χ3n) is 2.39. The first-order valence-corrected chi connectivity index (χ1v) is 4.73. The predicted molar refractivity (Wildman–Crippen MR) is 54.1 cm³/mol. The average molecular weight is 263 g/mol. The van der Waals surface area contributed by atoms with E-state index in [2.05, 4.69) is 0 Å². The molecule has 0 spiro atoms. The van der Waals surface area contributed by atoms with Crippen LogP contribution in [0.5, 0.6) is 0 Å². The Kier molecular flexibility index (Phi) is 3.59. The summed E-state index contributed by atoms with van der Waals surface area (Å²) in [5.74, 6) is -2.61. The van der Waals surface area contributed by atoms with Crippen molar-refractivity contribution in [2.24, 2.45) is 0 Å². The van der Waals surface area contributed by atoms with Gasteiger partial charge in [0.15, 0.2) is 0 Å². The highest BCUT2D eigenvalue weighted by atomic mass is 19.4. The molecule has 1 N–H and O–H groups in total. The standard InChI is InChI=1S/C10H8F3NO4/c1-5(9(15)16)7-3-2-6(10(11,12)13)4-8(7)14(17)18/h2-5H,1H3,(H,15,16). The van der Waals surface area contributed by atoms with Crippen LogP contribution in [0.25, 0.3) is 0 Å². The second-order valence-corrected chi connectivity index (χ2v) is 3.59. The van der Waals surface area contributed by atoms with Crippen molar-refractivity contribution in [3.63, 3.8) is 0 Å². The second kappa shape index (κ2) is 4.63. The minimum Gasteiger partial charge on any atom is -0.481 e. The molecule has 0 saturated heterocycles. The number of carboxylic acid groups (broad SMARTS) is 1. The molecule has 1 rings (SSSR count). The molecule has 0 amide bonds. The van der Waals surface area contributed by atoms with Gasteiger partial charge in [0.05, 0.1) is 16.4 Å². The van der Waals surface area contributed by atoms with Crippen LogP contribution in [0, 0.1) is 10.1 Å². The van der Waals surface area contributed by atoms with Crippen LogP contribution in [-0.4, -0.2) is 16.0 Å². The lowest BCUT2D eigenvalue weighted by atomic mass is 9.97. The number of aliphatic carboxylic acids is 1. The molecular formula is C10H8F3NO4. The molecule has 1 unspecified atom stereocenters. The SMILES string of the molecule is CC(C(=O)O)c1ccc(C(F)(F)F)cc1[N+](=O)[O-]. The number of carboxylic acids is 1. The van der Waals surface area contributed by atoms with Crippen molar-refractivity contribution in [2.45, 2.75) is 19.0 Å². The van der Waals surface area contributed by atoms with Gasteiger partial charge in [-0.25, -0.2) is 0 Å². The Morgan fingerprint density at radius 1 is 1.44 bits per heavy atom. The molecule has 0 aliphatic heterocycles. The molecule has 98 valence electrons. The van der Waals surface area contributed by atoms with Gasteiger partial charge in [-0.05, 0) is 13.0 Å². The third kappa shape index (κ3) is 2.76. The Morgan fingerprint density at radius 3 is 2.39 bits per heavy atom. The van der Waals surface area contributed by atoms with Crippen LogP contribution < -0.4 is 0 Å². The number of hydrogen-bond acceptors (Lipinski definition) is 3. The van der Waals surface area contributed by atoms with E-state index in [9.17, 15) is 28.1 Å². The van der Waals surface area contributed by atoms with Crippen LogP contribution in [0.3, 0.4) is 0 Å². The van der Waals surface area contributed by atoms with E-state index in [-0.39, 0.29) is 5.56 Å². The quantitative estimate of drug-likeness (QED) is 0.671. The molecule has 1 atom stereocenters. The molecule has 0 aliphatic carbocycles.